The number of amides is 1. The minimum Gasteiger partial charge on any atom is -0.392 e. The van der Waals surface area contributed by atoms with Gasteiger partial charge in [0.15, 0.2) is 0 Å². The van der Waals surface area contributed by atoms with Crippen molar-refractivity contribution < 1.29 is 4.79 Å². The molecular formula is C12H15BrN2OS. The highest BCUT2D eigenvalue weighted by Crippen LogP contribution is 2.18. The van der Waals surface area contributed by atoms with E-state index in [1.807, 2.05) is 26.0 Å². The Hall–Kier alpha value is -0.940. The molecular weight excluding hydrogens is 300 g/mol. The van der Waals surface area contributed by atoms with E-state index in [1.165, 1.54) is 0 Å². The van der Waals surface area contributed by atoms with Gasteiger partial charge >= 0.3 is 0 Å². The molecule has 1 amide bonds. The molecule has 5 heteroatoms. The van der Waals surface area contributed by atoms with Crippen LogP contribution < -0.4 is 5.73 Å². The van der Waals surface area contributed by atoms with Crippen LogP contribution in [-0.2, 0) is 0 Å². The molecule has 0 aliphatic carbocycles. The predicted molar refractivity (Wildman–Crippen MR) is 77.2 cm³/mol. The molecule has 0 aliphatic heterocycles. The van der Waals surface area contributed by atoms with Crippen LogP contribution in [0.15, 0.2) is 22.7 Å². The van der Waals surface area contributed by atoms with Gasteiger partial charge in [0.2, 0.25) is 0 Å². The van der Waals surface area contributed by atoms with Crippen molar-refractivity contribution in [3.8, 4) is 0 Å². The molecule has 1 rings (SSSR count). The molecule has 0 bridgehead atoms. The summed E-state index contributed by atoms with van der Waals surface area (Å²) in [7, 11) is 1.70. The molecule has 17 heavy (non-hydrogen) atoms. The van der Waals surface area contributed by atoms with Crippen molar-refractivity contribution in [1.82, 2.24) is 4.90 Å². The fourth-order valence-corrected chi connectivity index (χ4v) is 1.90. The summed E-state index contributed by atoms with van der Waals surface area (Å²) in [6.07, 6.45) is 0. The van der Waals surface area contributed by atoms with Gasteiger partial charge in [-0.05, 0) is 31.5 Å². The zero-order valence-corrected chi connectivity index (χ0v) is 12.4. The molecule has 0 fully saturated rings. The number of nitrogens with zero attached hydrogens (tertiary/aromatic N) is 1. The van der Waals surface area contributed by atoms with E-state index >= 15 is 0 Å². The quantitative estimate of drug-likeness (QED) is 0.872. The molecule has 1 aromatic rings. The molecule has 0 aromatic heterocycles. The second-order valence-corrected chi connectivity index (χ2v) is 5.34. The molecule has 0 saturated carbocycles. The summed E-state index contributed by atoms with van der Waals surface area (Å²) >= 11 is 8.26. The van der Waals surface area contributed by atoms with Gasteiger partial charge in [0, 0.05) is 17.1 Å². The van der Waals surface area contributed by atoms with E-state index in [1.54, 1.807) is 18.0 Å². The second-order valence-electron chi connectivity index (χ2n) is 3.95. The van der Waals surface area contributed by atoms with Crippen LogP contribution in [0.1, 0.15) is 22.8 Å². The van der Waals surface area contributed by atoms with Crippen LogP contribution in [0.25, 0.3) is 0 Å². The smallest absolute Gasteiger partial charge is 0.254 e. The van der Waals surface area contributed by atoms with Gasteiger partial charge in [0.05, 0.1) is 11.0 Å². The number of aryl methyl sites for hydroxylation is 1. The first-order valence-electron chi connectivity index (χ1n) is 5.17. The lowest BCUT2D eigenvalue weighted by Crippen LogP contribution is -2.42. The van der Waals surface area contributed by atoms with Crippen LogP contribution in [-0.4, -0.2) is 28.9 Å². The van der Waals surface area contributed by atoms with Gasteiger partial charge in [-0.3, -0.25) is 4.79 Å². The van der Waals surface area contributed by atoms with E-state index in [0.29, 0.717) is 10.6 Å². The van der Waals surface area contributed by atoms with Crippen LogP contribution in [0.5, 0.6) is 0 Å². The zero-order chi connectivity index (χ0) is 13.2. The molecule has 0 heterocycles. The van der Waals surface area contributed by atoms with Crippen molar-refractivity contribution in [3.63, 3.8) is 0 Å². The van der Waals surface area contributed by atoms with Crippen molar-refractivity contribution in [2.45, 2.75) is 19.9 Å². The largest absolute Gasteiger partial charge is 0.392 e. The SMILES string of the molecule is Cc1ccc(Br)cc1C(=O)N(C)C(C)C(N)=S. The first kappa shape index (κ1) is 14.1. The number of carbonyl (C=O) groups excluding carboxylic acids is 1. The van der Waals surface area contributed by atoms with Gasteiger partial charge in [-0.2, -0.15) is 0 Å². The third-order valence-corrected chi connectivity index (χ3v) is 3.58. The lowest BCUT2D eigenvalue weighted by molar-refractivity contribution is 0.0778. The van der Waals surface area contributed by atoms with Crippen molar-refractivity contribution in [3.05, 3.63) is 33.8 Å². The Morgan fingerprint density at radius 1 is 1.53 bits per heavy atom. The Balaban J connectivity index is 3.04. The monoisotopic (exact) mass is 314 g/mol. The van der Waals surface area contributed by atoms with Gasteiger partial charge < -0.3 is 10.6 Å². The summed E-state index contributed by atoms with van der Waals surface area (Å²) in [5.74, 6) is -0.0795. The average Bonchev–Trinajstić information content (AvgIpc) is 2.29. The first-order chi connectivity index (χ1) is 7.84. The number of halogens is 1. The fraction of sp³-hybridized carbons (Fsp3) is 0.333. The maximum absolute atomic E-state index is 12.3. The van der Waals surface area contributed by atoms with Crippen molar-refractivity contribution in [1.29, 1.82) is 0 Å². The van der Waals surface area contributed by atoms with Crippen LogP contribution in [0.4, 0.5) is 0 Å². The summed E-state index contributed by atoms with van der Waals surface area (Å²) < 4.78 is 0.878. The Labute approximate surface area is 115 Å². The number of benzene rings is 1. The highest BCUT2D eigenvalue weighted by Gasteiger charge is 2.20. The summed E-state index contributed by atoms with van der Waals surface area (Å²) in [4.78, 5) is 14.1. The zero-order valence-electron chi connectivity index (χ0n) is 10.0. The molecule has 1 unspecified atom stereocenters. The van der Waals surface area contributed by atoms with Gasteiger partial charge in [-0.25, -0.2) is 0 Å². The number of carbonyl (C=O) groups is 1. The Morgan fingerprint density at radius 3 is 2.65 bits per heavy atom. The van der Waals surface area contributed by atoms with E-state index in [-0.39, 0.29) is 11.9 Å². The number of hydrogen-bond donors (Lipinski definition) is 1. The number of hydrogen-bond acceptors (Lipinski definition) is 2. The van der Waals surface area contributed by atoms with E-state index in [4.69, 9.17) is 18.0 Å². The molecule has 3 nitrogen and oxygen atoms in total. The van der Waals surface area contributed by atoms with Crippen LogP contribution in [0, 0.1) is 6.92 Å². The Morgan fingerprint density at radius 2 is 2.12 bits per heavy atom. The molecule has 92 valence electrons. The lowest BCUT2D eigenvalue weighted by Gasteiger charge is -2.24. The summed E-state index contributed by atoms with van der Waals surface area (Å²) in [6.45, 7) is 3.71. The fourth-order valence-electron chi connectivity index (χ4n) is 1.38. The van der Waals surface area contributed by atoms with E-state index in [2.05, 4.69) is 15.9 Å². The molecule has 0 radical (unpaired) electrons. The minimum absolute atomic E-state index is 0.0795. The van der Waals surface area contributed by atoms with E-state index < -0.39 is 0 Å². The highest BCUT2D eigenvalue weighted by molar-refractivity contribution is 9.10. The molecule has 2 N–H and O–H groups in total. The first-order valence-corrected chi connectivity index (χ1v) is 6.37. The van der Waals surface area contributed by atoms with Crippen LogP contribution in [0.3, 0.4) is 0 Å². The second kappa shape index (κ2) is 5.60. The molecule has 1 atom stereocenters. The topological polar surface area (TPSA) is 46.3 Å². The minimum atomic E-state index is -0.254. The van der Waals surface area contributed by atoms with Gasteiger partial charge in [0.25, 0.3) is 5.91 Å². The number of rotatable bonds is 3. The third-order valence-electron chi connectivity index (χ3n) is 2.74. The van der Waals surface area contributed by atoms with Gasteiger partial charge in [0.1, 0.15) is 0 Å². The molecule has 0 saturated heterocycles. The summed E-state index contributed by atoms with van der Waals surface area (Å²) in [5.41, 5.74) is 7.14. The van der Waals surface area contributed by atoms with Crippen molar-refractivity contribution in [2.75, 3.05) is 7.05 Å². The normalized spacial score (nSPS) is 12.0. The molecule has 0 spiro atoms. The van der Waals surface area contributed by atoms with Crippen molar-refractivity contribution >= 4 is 39.0 Å². The summed E-state index contributed by atoms with van der Waals surface area (Å²) in [6, 6.07) is 5.36. The van der Waals surface area contributed by atoms with Crippen molar-refractivity contribution in [2.24, 2.45) is 5.73 Å². The number of thiocarbonyl (C=S) groups is 1. The third kappa shape index (κ3) is 3.26. The van der Waals surface area contributed by atoms with E-state index in [9.17, 15) is 4.79 Å². The number of nitrogens with two attached hydrogens (primary N) is 1. The van der Waals surface area contributed by atoms with Gasteiger partial charge in [-0.1, -0.05) is 34.2 Å². The molecule has 0 aliphatic rings. The van der Waals surface area contributed by atoms with Crippen LogP contribution in [0.2, 0.25) is 0 Å². The lowest BCUT2D eigenvalue weighted by atomic mass is 10.1. The van der Waals surface area contributed by atoms with Crippen LogP contribution >= 0.6 is 28.1 Å². The van der Waals surface area contributed by atoms with Gasteiger partial charge in [-0.15, -0.1) is 0 Å². The maximum atomic E-state index is 12.3. The highest BCUT2D eigenvalue weighted by atomic mass is 79.9. The Kier molecular flexibility index (Phi) is 4.65. The summed E-state index contributed by atoms with van der Waals surface area (Å²) in [5, 5.41) is 0. The predicted octanol–water partition coefficient (Wildman–Crippen LogP) is 2.50. The Bertz CT molecular complexity index is 462. The van der Waals surface area contributed by atoms with E-state index in [0.717, 1.165) is 10.0 Å². The average molecular weight is 315 g/mol. The number of likely N-dealkylation sites (N-methyl/N-ethyl adjacent to an activating group) is 1. The standard InChI is InChI=1S/C12H15BrN2OS/c1-7-4-5-9(13)6-10(7)12(16)15(3)8(2)11(14)17/h4-6,8H,1-3H3,(H2,14,17). The molecule has 1 aromatic carbocycles. The maximum Gasteiger partial charge on any atom is 0.254 e.